The van der Waals surface area contributed by atoms with Crippen LogP contribution >= 0.6 is 11.8 Å². The number of nitrogens with two attached hydrogens (primary N) is 1. The third-order valence-corrected chi connectivity index (χ3v) is 3.13. The van der Waals surface area contributed by atoms with Crippen LogP contribution in [0.2, 0.25) is 0 Å². The van der Waals surface area contributed by atoms with Crippen LogP contribution in [-0.2, 0) is 6.54 Å². The first-order chi connectivity index (χ1) is 8.85. The zero-order valence-corrected chi connectivity index (χ0v) is 10.2. The normalized spacial score (nSPS) is 10.9. The molecule has 18 heavy (non-hydrogen) atoms. The van der Waals surface area contributed by atoms with Crippen molar-refractivity contribution in [3.63, 3.8) is 0 Å². The minimum atomic E-state index is 0.390. The van der Waals surface area contributed by atoms with E-state index in [-0.39, 0.29) is 0 Å². The number of oxazole rings is 1. The summed E-state index contributed by atoms with van der Waals surface area (Å²) >= 11 is 1.34. The summed E-state index contributed by atoms with van der Waals surface area (Å²) in [4.78, 5) is 12.8. The molecule has 3 aromatic rings. The third-order valence-electron chi connectivity index (χ3n) is 2.36. The molecule has 0 saturated carbocycles. The summed E-state index contributed by atoms with van der Waals surface area (Å²) in [5, 5.41) is 1.30. The van der Waals surface area contributed by atoms with Crippen molar-refractivity contribution in [2.75, 3.05) is 0 Å². The van der Waals surface area contributed by atoms with Crippen molar-refractivity contribution >= 4 is 22.9 Å². The fraction of sp³-hybridized carbons (Fsp3) is 0.0833. The monoisotopic (exact) mass is 258 g/mol. The molecule has 0 atom stereocenters. The number of aromatic nitrogens is 3. The van der Waals surface area contributed by atoms with Crippen LogP contribution in [0.1, 0.15) is 5.69 Å². The van der Waals surface area contributed by atoms with E-state index in [9.17, 15) is 0 Å². The zero-order valence-electron chi connectivity index (χ0n) is 9.41. The summed E-state index contributed by atoms with van der Waals surface area (Å²) in [5.74, 6) is 0. The van der Waals surface area contributed by atoms with Crippen LogP contribution in [0.5, 0.6) is 0 Å². The number of para-hydroxylation sites is 2. The van der Waals surface area contributed by atoms with E-state index in [1.54, 1.807) is 12.4 Å². The van der Waals surface area contributed by atoms with Gasteiger partial charge in [-0.3, -0.25) is 4.98 Å². The summed E-state index contributed by atoms with van der Waals surface area (Å²) in [7, 11) is 0. The Morgan fingerprint density at radius 3 is 2.78 bits per heavy atom. The average Bonchev–Trinajstić information content (AvgIpc) is 2.82. The maximum Gasteiger partial charge on any atom is 0.263 e. The van der Waals surface area contributed by atoms with Gasteiger partial charge in [0.2, 0.25) is 0 Å². The Morgan fingerprint density at radius 2 is 2.06 bits per heavy atom. The minimum absolute atomic E-state index is 0.390. The summed E-state index contributed by atoms with van der Waals surface area (Å²) in [6, 6.07) is 7.63. The van der Waals surface area contributed by atoms with Crippen molar-refractivity contribution in [1.29, 1.82) is 0 Å². The molecule has 0 spiro atoms. The number of rotatable bonds is 3. The van der Waals surface area contributed by atoms with Crippen molar-refractivity contribution in [3.05, 3.63) is 42.4 Å². The summed E-state index contributed by atoms with van der Waals surface area (Å²) in [6.45, 7) is 0.390. The Labute approximate surface area is 107 Å². The van der Waals surface area contributed by atoms with E-state index in [1.807, 2.05) is 24.3 Å². The van der Waals surface area contributed by atoms with Gasteiger partial charge in [0, 0.05) is 6.54 Å². The Bertz CT molecular complexity index is 632. The van der Waals surface area contributed by atoms with Crippen LogP contribution in [0.3, 0.4) is 0 Å². The van der Waals surface area contributed by atoms with Crippen LogP contribution in [0, 0.1) is 0 Å². The zero-order chi connectivity index (χ0) is 12.4. The molecule has 5 nitrogen and oxygen atoms in total. The molecule has 0 unspecified atom stereocenters. The number of benzene rings is 1. The Hall–Kier alpha value is -1.92. The highest BCUT2D eigenvalue weighted by Crippen LogP contribution is 2.27. The van der Waals surface area contributed by atoms with Crippen molar-refractivity contribution in [1.82, 2.24) is 15.0 Å². The second kappa shape index (κ2) is 4.75. The van der Waals surface area contributed by atoms with Gasteiger partial charge in [-0.25, -0.2) is 9.97 Å². The first kappa shape index (κ1) is 11.2. The quantitative estimate of drug-likeness (QED) is 0.776. The van der Waals surface area contributed by atoms with E-state index in [2.05, 4.69) is 15.0 Å². The summed E-state index contributed by atoms with van der Waals surface area (Å²) in [6.07, 6.45) is 3.33. The van der Waals surface area contributed by atoms with Gasteiger partial charge in [0.25, 0.3) is 5.22 Å². The molecule has 1 aromatic carbocycles. The molecule has 0 fully saturated rings. The number of hydrogen-bond acceptors (Lipinski definition) is 6. The van der Waals surface area contributed by atoms with Gasteiger partial charge in [-0.2, -0.15) is 0 Å². The lowest BCUT2D eigenvalue weighted by Gasteiger charge is -1.97. The van der Waals surface area contributed by atoms with Crippen molar-refractivity contribution in [2.45, 2.75) is 16.8 Å². The highest BCUT2D eigenvalue weighted by molar-refractivity contribution is 7.99. The molecular formula is C12H10N4OS. The third kappa shape index (κ3) is 2.20. The maximum atomic E-state index is 5.59. The number of hydrogen-bond donors (Lipinski definition) is 1. The molecule has 2 N–H and O–H groups in total. The molecule has 0 radical (unpaired) electrons. The predicted octanol–water partition coefficient (Wildman–Crippen LogP) is 2.23. The molecule has 90 valence electrons. The van der Waals surface area contributed by atoms with Gasteiger partial charge in [0.1, 0.15) is 10.5 Å². The average molecular weight is 258 g/mol. The van der Waals surface area contributed by atoms with E-state index in [0.717, 1.165) is 21.8 Å². The molecular weight excluding hydrogens is 248 g/mol. The van der Waals surface area contributed by atoms with Gasteiger partial charge in [-0.1, -0.05) is 12.1 Å². The van der Waals surface area contributed by atoms with Crippen molar-refractivity contribution in [3.8, 4) is 0 Å². The fourth-order valence-corrected chi connectivity index (χ4v) is 2.15. The van der Waals surface area contributed by atoms with Gasteiger partial charge in [0.15, 0.2) is 5.58 Å². The summed E-state index contributed by atoms with van der Waals surface area (Å²) < 4.78 is 5.59. The van der Waals surface area contributed by atoms with E-state index in [1.165, 1.54) is 11.8 Å². The largest absolute Gasteiger partial charge is 0.431 e. The molecule has 6 heteroatoms. The Kier molecular flexibility index (Phi) is 2.95. The molecule has 2 heterocycles. The van der Waals surface area contributed by atoms with Gasteiger partial charge < -0.3 is 10.2 Å². The molecule has 0 aliphatic rings. The number of nitrogens with zero attached hydrogens (tertiary/aromatic N) is 3. The topological polar surface area (TPSA) is 77.8 Å². The second-order valence-corrected chi connectivity index (χ2v) is 4.57. The lowest BCUT2D eigenvalue weighted by Crippen LogP contribution is -1.99. The molecule has 2 aromatic heterocycles. The Morgan fingerprint density at radius 1 is 1.17 bits per heavy atom. The lowest BCUT2D eigenvalue weighted by atomic mass is 10.3. The second-order valence-electron chi connectivity index (χ2n) is 3.60. The van der Waals surface area contributed by atoms with Crippen LogP contribution in [0.15, 0.2) is 51.3 Å². The lowest BCUT2D eigenvalue weighted by molar-refractivity contribution is 0.489. The smallest absolute Gasteiger partial charge is 0.263 e. The van der Waals surface area contributed by atoms with E-state index < -0.39 is 0 Å². The van der Waals surface area contributed by atoms with Crippen LogP contribution in [0.25, 0.3) is 11.1 Å². The van der Waals surface area contributed by atoms with Crippen molar-refractivity contribution < 1.29 is 4.42 Å². The summed E-state index contributed by atoms with van der Waals surface area (Å²) in [5.41, 5.74) is 7.83. The Balaban J connectivity index is 1.86. The standard InChI is InChI=1S/C12H10N4OS/c13-5-8-6-15-11(7-14-8)18-12-16-9-3-1-2-4-10(9)17-12/h1-4,6-7H,5,13H2. The molecule has 0 saturated heterocycles. The fourth-order valence-electron chi connectivity index (χ4n) is 1.49. The minimum Gasteiger partial charge on any atom is -0.431 e. The van der Waals surface area contributed by atoms with Crippen molar-refractivity contribution in [2.24, 2.45) is 5.73 Å². The van der Waals surface area contributed by atoms with Crippen LogP contribution in [0.4, 0.5) is 0 Å². The van der Waals surface area contributed by atoms with Gasteiger partial charge >= 0.3 is 0 Å². The molecule has 0 aliphatic heterocycles. The predicted molar refractivity (Wildman–Crippen MR) is 68.1 cm³/mol. The molecule has 0 amide bonds. The van der Waals surface area contributed by atoms with Gasteiger partial charge in [0.05, 0.1) is 18.1 Å². The van der Waals surface area contributed by atoms with Gasteiger partial charge in [-0.05, 0) is 23.9 Å². The highest BCUT2D eigenvalue weighted by Gasteiger charge is 2.08. The van der Waals surface area contributed by atoms with E-state index >= 15 is 0 Å². The van der Waals surface area contributed by atoms with E-state index in [4.69, 9.17) is 10.2 Å². The van der Waals surface area contributed by atoms with Crippen LogP contribution < -0.4 is 5.73 Å². The van der Waals surface area contributed by atoms with Crippen LogP contribution in [-0.4, -0.2) is 15.0 Å². The molecule has 3 rings (SSSR count). The first-order valence-corrected chi connectivity index (χ1v) is 6.21. The SMILES string of the molecule is NCc1cnc(Sc2nc3ccccc3o2)cn1. The molecule has 0 aliphatic carbocycles. The molecule has 0 bridgehead atoms. The highest BCUT2D eigenvalue weighted by atomic mass is 32.2. The van der Waals surface area contributed by atoms with Gasteiger partial charge in [-0.15, -0.1) is 0 Å². The van der Waals surface area contributed by atoms with E-state index in [0.29, 0.717) is 11.8 Å². The number of fused-ring (bicyclic) bond motifs is 1. The first-order valence-electron chi connectivity index (χ1n) is 5.39. The maximum absolute atomic E-state index is 5.59.